The molecular weight excluding hydrogens is 808 g/mol. The highest BCUT2D eigenvalue weighted by molar-refractivity contribution is 7.47. The highest BCUT2D eigenvalue weighted by Crippen LogP contribution is 2.43. The zero-order chi connectivity index (χ0) is 45.8. The van der Waals surface area contributed by atoms with E-state index in [9.17, 15) is 29.3 Å². The average molecular weight is 899 g/mol. The summed E-state index contributed by atoms with van der Waals surface area (Å²) in [5, 5.41) is 28.5. The quantitative estimate of drug-likeness (QED) is 0.0151. The van der Waals surface area contributed by atoms with E-state index < -0.39 is 57.9 Å². The Morgan fingerprint density at radius 3 is 1.71 bits per heavy atom. The minimum atomic E-state index is -4.66. The molecule has 0 spiro atoms. The van der Waals surface area contributed by atoms with Gasteiger partial charge >= 0.3 is 19.8 Å². The van der Waals surface area contributed by atoms with Gasteiger partial charge in [-0.05, 0) is 50.9 Å². The van der Waals surface area contributed by atoms with E-state index in [4.69, 9.17) is 19.1 Å². The van der Waals surface area contributed by atoms with Crippen LogP contribution >= 0.6 is 7.82 Å². The summed E-state index contributed by atoms with van der Waals surface area (Å²) < 4.78 is 32.7. The third-order valence-corrected chi connectivity index (χ3v) is 11.4. The summed E-state index contributed by atoms with van der Waals surface area (Å²) in [6.07, 6.45) is 44.0. The van der Waals surface area contributed by atoms with E-state index in [0.717, 1.165) is 38.0 Å². The van der Waals surface area contributed by atoms with Gasteiger partial charge < -0.3 is 29.7 Å². The lowest BCUT2D eigenvalue weighted by Crippen LogP contribution is -2.29. The molecule has 0 aliphatic carbocycles. The molecule has 0 aliphatic rings. The fourth-order valence-electron chi connectivity index (χ4n) is 6.66. The lowest BCUT2D eigenvalue weighted by molar-refractivity contribution is -0.161. The maximum atomic E-state index is 12.6. The van der Waals surface area contributed by atoms with Crippen LogP contribution in [0.5, 0.6) is 0 Å². The lowest BCUT2D eigenvalue weighted by Gasteiger charge is -2.20. The number of hydrogen-bond donors (Lipinski definition) is 4. The molecule has 62 heavy (non-hydrogen) atoms. The van der Waals surface area contributed by atoms with Gasteiger partial charge in [0.2, 0.25) is 0 Å². The lowest BCUT2D eigenvalue weighted by atomic mass is 10.0. The molecule has 2 unspecified atom stereocenters. The molecule has 4 N–H and O–H groups in total. The predicted octanol–water partition coefficient (Wildman–Crippen LogP) is 12.5. The largest absolute Gasteiger partial charge is 0.472 e. The van der Waals surface area contributed by atoms with Gasteiger partial charge in [-0.3, -0.25) is 18.6 Å². The number of unbranched alkanes of at least 4 members (excludes halogenated alkanes) is 21. The molecule has 0 saturated carbocycles. The number of allylic oxidation sites excluding steroid dienone is 6. The molecule has 0 saturated heterocycles. The standard InChI is InChI=1S/C50H91O11P/c1-4-5-6-7-8-19-23-27-32-37-46(52)38-33-28-25-30-35-40-50(55)61-48(44-60-62(56,57)59-42-47(53)41-51)43-58-49(54)39-34-29-24-21-18-16-14-12-10-9-11-13-15-17-20-22-26-31-36-45(2)3/h8,19,25,27-28,32-33,38,45-48,51-53H,4-7,9-18,20-24,26,29-31,34-37,39-44H2,1-3H3,(H,56,57)/b19-8-,28-25+,32-27-,38-33-/t46?,47-,48+/m0/s1. The van der Waals surface area contributed by atoms with Crippen molar-refractivity contribution in [2.24, 2.45) is 5.92 Å². The van der Waals surface area contributed by atoms with Crippen molar-refractivity contribution >= 4 is 19.8 Å². The summed E-state index contributed by atoms with van der Waals surface area (Å²) in [5.74, 6) is -0.211. The van der Waals surface area contributed by atoms with Crippen molar-refractivity contribution in [1.82, 2.24) is 0 Å². The van der Waals surface area contributed by atoms with E-state index in [1.165, 1.54) is 116 Å². The number of ether oxygens (including phenoxy) is 2. The predicted molar refractivity (Wildman–Crippen MR) is 253 cm³/mol. The van der Waals surface area contributed by atoms with Crippen molar-refractivity contribution in [3.05, 3.63) is 48.6 Å². The SMILES string of the molecule is CCCCC/C=C\C/C=C\CC(O)/C=C\C=C\CCCC(=O)O[C@H](COC(=O)CCCCCCCCCCCCCCCCCCCCC(C)C)COP(=O)(O)OC[C@@H](O)CO. The number of phosphoric ester groups is 1. The van der Waals surface area contributed by atoms with Gasteiger partial charge in [-0.1, -0.05) is 198 Å². The molecule has 362 valence electrons. The Bertz CT molecular complexity index is 1200. The summed E-state index contributed by atoms with van der Waals surface area (Å²) in [5.41, 5.74) is 0. The Hall–Kier alpha value is -2.11. The van der Waals surface area contributed by atoms with Crippen molar-refractivity contribution in [2.75, 3.05) is 26.4 Å². The van der Waals surface area contributed by atoms with Crippen molar-refractivity contribution in [1.29, 1.82) is 0 Å². The Morgan fingerprint density at radius 2 is 1.13 bits per heavy atom. The second-order valence-corrected chi connectivity index (χ2v) is 18.6. The van der Waals surface area contributed by atoms with E-state index in [-0.39, 0.29) is 19.4 Å². The summed E-state index contributed by atoms with van der Waals surface area (Å²) in [4.78, 5) is 35.1. The summed E-state index contributed by atoms with van der Waals surface area (Å²) in [7, 11) is -4.66. The molecule has 4 atom stereocenters. The first-order chi connectivity index (χ1) is 30.0. The Balaban J connectivity index is 4.33. The topological polar surface area (TPSA) is 169 Å². The fraction of sp³-hybridized carbons (Fsp3) is 0.800. The molecule has 0 aromatic rings. The minimum absolute atomic E-state index is 0.0496. The molecule has 0 fully saturated rings. The first kappa shape index (κ1) is 59.9. The molecule has 0 rings (SSSR count). The maximum absolute atomic E-state index is 12.6. The number of phosphoric acid groups is 1. The number of carbonyl (C=O) groups is 2. The van der Waals surface area contributed by atoms with Crippen LogP contribution < -0.4 is 0 Å². The van der Waals surface area contributed by atoms with E-state index in [0.29, 0.717) is 25.7 Å². The van der Waals surface area contributed by atoms with Gasteiger partial charge in [0.1, 0.15) is 12.7 Å². The number of esters is 2. The van der Waals surface area contributed by atoms with E-state index >= 15 is 0 Å². The first-order valence-corrected chi connectivity index (χ1v) is 26.1. The fourth-order valence-corrected chi connectivity index (χ4v) is 7.45. The smallest absolute Gasteiger partial charge is 0.462 e. The molecule has 0 aromatic heterocycles. The van der Waals surface area contributed by atoms with E-state index in [1.54, 1.807) is 12.2 Å². The number of hydrogen-bond acceptors (Lipinski definition) is 10. The zero-order valence-electron chi connectivity index (χ0n) is 39.4. The van der Waals surface area contributed by atoms with Crippen LogP contribution in [0.4, 0.5) is 0 Å². The Morgan fingerprint density at radius 1 is 0.597 bits per heavy atom. The van der Waals surface area contributed by atoms with Crippen molar-refractivity contribution < 1.29 is 52.9 Å². The third kappa shape index (κ3) is 44.5. The van der Waals surface area contributed by atoms with Crippen molar-refractivity contribution in [3.63, 3.8) is 0 Å². The van der Waals surface area contributed by atoms with Crippen LogP contribution in [0.1, 0.15) is 207 Å². The molecule has 0 amide bonds. The number of carbonyl (C=O) groups excluding carboxylic acids is 2. The molecule has 0 bridgehead atoms. The van der Waals surface area contributed by atoms with Crippen LogP contribution in [0.2, 0.25) is 0 Å². The second-order valence-electron chi connectivity index (χ2n) is 17.2. The van der Waals surface area contributed by atoms with Gasteiger partial charge in [-0.25, -0.2) is 4.57 Å². The Kier molecular flexibility index (Phi) is 42.6. The highest BCUT2D eigenvalue weighted by Gasteiger charge is 2.27. The monoisotopic (exact) mass is 899 g/mol. The van der Waals surface area contributed by atoms with Crippen LogP contribution in [-0.4, -0.2) is 76.9 Å². The van der Waals surface area contributed by atoms with Gasteiger partial charge in [0.15, 0.2) is 6.10 Å². The summed E-state index contributed by atoms with van der Waals surface area (Å²) in [6, 6.07) is 0. The zero-order valence-corrected chi connectivity index (χ0v) is 40.3. The normalized spacial score (nSPS) is 14.7. The van der Waals surface area contributed by atoms with Crippen molar-refractivity contribution in [2.45, 2.75) is 225 Å². The van der Waals surface area contributed by atoms with Gasteiger partial charge in [-0.2, -0.15) is 0 Å². The van der Waals surface area contributed by atoms with Gasteiger partial charge in [0, 0.05) is 12.8 Å². The molecule has 0 heterocycles. The second kappa shape index (κ2) is 44.1. The van der Waals surface area contributed by atoms with Crippen molar-refractivity contribution in [3.8, 4) is 0 Å². The van der Waals surface area contributed by atoms with E-state index in [2.05, 4.69) is 37.4 Å². The number of aliphatic hydroxyl groups excluding tert-OH is 3. The number of aliphatic hydroxyl groups is 3. The number of rotatable bonds is 45. The summed E-state index contributed by atoms with van der Waals surface area (Å²) >= 11 is 0. The molecule has 12 heteroatoms. The molecular formula is C50H91O11P. The molecule has 0 radical (unpaired) electrons. The van der Waals surface area contributed by atoms with Gasteiger partial charge in [0.25, 0.3) is 0 Å². The average Bonchev–Trinajstić information content (AvgIpc) is 3.24. The molecule has 0 aromatic carbocycles. The maximum Gasteiger partial charge on any atom is 0.472 e. The van der Waals surface area contributed by atoms with Crippen LogP contribution in [-0.2, 0) is 32.7 Å². The van der Waals surface area contributed by atoms with Crippen LogP contribution in [0.25, 0.3) is 0 Å². The Labute approximate surface area is 377 Å². The van der Waals surface area contributed by atoms with Crippen LogP contribution in [0.3, 0.4) is 0 Å². The summed E-state index contributed by atoms with van der Waals surface area (Å²) in [6.45, 7) is 4.56. The first-order valence-electron chi connectivity index (χ1n) is 24.6. The third-order valence-electron chi connectivity index (χ3n) is 10.5. The van der Waals surface area contributed by atoms with Crippen LogP contribution in [0, 0.1) is 5.92 Å². The van der Waals surface area contributed by atoms with Crippen LogP contribution in [0.15, 0.2) is 48.6 Å². The van der Waals surface area contributed by atoms with Gasteiger partial charge in [-0.15, -0.1) is 0 Å². The highest BCUT2D eigenvalue weighted by atomic mass is 31.2. The molecule has 11 nitrogen and oxygen atoms in total. The molecule has 0 aliphatic heterocycles. The van der Waals surface area contributed by atoms with Gasteiger partial charge in [0.05, 0.1) is 25.9 Å². The van der Waals surface area contributed by atoms with E-state index in [1.807, 2.05) is 24.3 Å². The minimum Gasteiger partial charge on any atom is -0.462 e.